The van der Waals surface area contributed by atoms with E-state index in [1.807, 2.05) is 49.5 Å². The van der Waals surface area contributed by atoms with Crippen LogP contribution in [0.5, 0.6) is 0 Å². The molecule has 0 saturated carbocycles. The monoisotopic (exact) mass is 765 g/mol. The Labute approximate surface area is 328 Å². The van der Waals surface area contributed by atoms with Crippen LogP contribution in [-0.2, 0) is 18.8 Å². The highest BCUT2D eigenvalue weighted by Crippen LogP contribution is 2.38. The maximum absolute atomic E-state index is 12.4. The summed E-state index contributed by atoms with van der Waals surface area (Å²) in [6, 6.07) is 0. The number of carbonyl (C=O) groups is 3. The van der Waals surface area contributed by atoms with Crippen molar-refractivity contribution < 1.29 is 34.1 Å². The zero-order chi connectivity index (χ0) is 40.4. The molecular formula is C46H72O7Si. The van der Waals surface area contributed by atoms with Crippen molar-refractivity contribution in [3.05, 3.63) is 96.2 Å². The molecule has 7 nitrogen and oxygen atoms in total. The molecule has 0 aromatic rings. The van der Waals surface area contributed by atoms with Crippen LogP contribution in [0.2, 0.25) is 18.1 Å². The summed E-state index contributed by atoms with van der Waals surface area (Å²) < 4.78 is 6.69. The van der Waals surface area contributed by atoms with Crippen molar-refractivity contribution in [1.29, 1.82) is 0 Å². The number of carboxylic acids is 1. The Morgan fingerprint density at radius 2 is 1.28 bits per heavy atom. The third-order valence-corrected chi connectivity index (χ3v) is 14.6. The number of aliphatic hydroxyl groups excluding tert-OH is 2. The van der Waals surface area contributed by atoms with Crippen LogP contribution in [0, 0.1) is 11.8 Å². The molecule has 0 saturated heterocycles. The molecule has 3 N–H and O–H groups in total. The Hall–Kier alpha value is -3.17. The van der Waals surface area contributed by atoms with Crippen LogP contribution in [-0.4, -0.2) is 60.0 Å². The molecule has 0 aliphatic heterocycles. The number of allylic oxidation sites excluding steroid dienone is 12. The first-order chi connectivity index (χ1) is 25.7. The van der Waals surface area contributed by atoms with Gasteiger partial charge in [0.15, 0.2) is 19.9 Å². The van der Waals surface area contributed by atoms with E-state index in [0.29, 0.717) is 19.3 Å². The summed E-state index contributed by atoms with van der Waals surface area (Å²) in [5.74, 6) is -0.373. The minimum Gasteiger partial charge on any atom is -0.481 e. The predicted octanol–water partition coefficient (Wildman–Crippen LogP) is 10.9. The van der Waals surface area contributed by atoms with Gasteiger partial charge in [-0.3, -0.25) is 14.4 Å². The lowest BCUT2D eigenvalue weighted by molar-refractivity contribution is -0.137. The minimum atomic E-state index is -1.87. The number of aliphatic carboxylic acids is 1. The number of carbonyl (C=O) groups excluding carboxylic acids is 2. The molecule has 54 heavy (non-hydrogen) atoms. The van der Waals surface area contributed by atoms with E-state index in [1.165, 1.54) is 0 Å². The molecule has 0 bridgehead atoms. The number of ketones is 2. The standard InChI is InChI=1S/C26H44O3Si.C20H28O4/c1-7-8-12-16-23(29-30(5,6)26(2,3)4)18-19-24-22(17-20-25(24)28)15-13-10-9-11-14-21-27;1-2-3-6-10-17(21)13-14-18-16(12-15-19(18)22)9-7-4-5-8-11-20(23)24/h8,10,12-13,17,19-20,22-23,27H,7,9,11,14-16,18,21H2,1-6H3;3-4,6-7,12,14-17,21H,2,5,8-11,13H2,1H3,(H,23,24)/b12-8-,13-10-,24-19+;6-3-,7-4-,18-14+/t22-,23-;16-,17-/m00/s1. The number of rotatable bonds is 24. The summed E-state index contributed by atoms with van der Waals surface area (Å²) in [7, 11) is -1.87. The van der Waals surface area contributed by atoms with Gasteiger partial charge in [-0.05, 0) is 114 Å². The Morgan fingerprint density at radius 3 is 1.78 bits per heavy atom. The molecule has 0 unspecified atom stereocenters. The molecule has 0 fully saturated rings. The third kappa shape index (κ3) is 20.5. The quantitative estimate of drug-likeness (QED) is 0.0387. The summed E-state index contributed by atoms with van der Waals surface area (Å²) in [6.45, 7) is 15.8. The van der Waals surface area contributed by atoms with Gasteiger partial charge in [0.1, 0.15) is 0 Å². The highest BCUT2D eigenvalue weighted by molar-refractivity contribution is 6.74. The summed E-state index contributed by atoms with van der Waals surface area (Å²) in [6.07, 6.45) is 38.3. The van der Waals surface area contributed by atoms with Crippen molar-refractivity contribution in [2.75, 3.05) is 6.61 Å². The van der Waals surface area contributed by atoms with Crippen LogP contribution < -0.4 is 0 Å². The summed E-state index contributed by atoms with van der Waals surface area (Å²) in [5.41, 5.74) is 1.67. The highest BCUT2D eigenvalue weighted by Gasteiger charge is 2.39. The van der Waals surface area contributed by atoms with E-state index >= 15 is 0 Å². The van der Waals surface area contributed by atoms with Crippen molar-refractivity contribution in [3.8, 4) is 0 Å². The number of hydrogen-bond acceptors (Lipinski definition) is 6. The molecule has 302 valence electrons. The average Bonchev–Trinajstić information content (AvgIpc) is 3.65. The molecule has 0 radical (unpaired) electrons. The second kappa shape index (κ2) is 27.4. The number of aliphatic hydroxyl groups is 2. The minimum absolute atomic E-state index is 0.0237. The van der Waals surface area contributed by atoms with Gasteiger partial charge in [-0.1, -0.05) is 108 Å². The Balaban J connectivity index is 0.000000553. The highest BCUT2D eigenvalue weighted by atomic mass is 28.4. The lowest BCUT2D eigenvalue weighted by Crippen LogP contribution is -2.43. The molecule has 2 aliphatic rings. The van der Waals surface area contributed by atoms with Crippen LogP contribution in [0.1, 0.15) is 125 Å². The van der Waals surface area contributed by atoms with Gasteiger partial charge in [-0.15, -0.1) is 0 Å². The normalized spacial score (nSPS) is 20.5. The summed E-state index contributed by atoms with van der Waals surface area (Å²) in [4.78, 5) is 34.8. The van der Waals surface area contributed by atoms with Gasteiger partial charge in [0, 0.05) is 36.0 Å². The van der Waals surface area contributed by atoms with E-state index in [9.17, 15) is 19.5 Å². The maximum atomic E-state index is 12.4. The summed E-state index contributed by atoms with van der Waals surface area (Å²) >= 11 is 0. The van der Waals surface area contributed by atoms with Crippen molar-refractivity contribution in [2.24, 2.45) is 11.8 Å². The first kappa shape index (κ1) is 48.8. The van der Waals surface area contributed by atoms with Gasteiger partial charge >= 0.3 is 5.97 Å². The molecular weight excluding hydrogens is 693 g/mol. The molecule has 0 heterocycles. The molecule has 0 spiro atoms. The van der Waals surface area contributed by atoms with Crippen molar-refractivity contribution in [1.82, 2.24) is 0 Å². The Bertz CT molecular complexity index is 1370. The van der Waals surface area contributed by atoms with Gasteiger partial charge in [-0.2, -0.15) is 0 Å². The first-order valence-electron chi connectivity index (χ1n) is 20.3. The molecule has 4 atom stereocenters. The van der Waals surface area contributed by atoms with Gasteiger partial charge in [0.05, 0.1) is 12.2 Å². The maximum Gasteiger partial charge on any atom is 0.303 e. The molecule has 8 heteroatoms. The molecule has 2 rings (SSSR count). The number of unbranched alkanes of at least 4 members (excludes halogenated alkanes) is 3. The SMILES string of the molecule is CC/C=C\C[C@@H](C/C=C1/C(=O)C=C[C@@H]1C/C=C\CCCCO)O[Si](C)(C)C(C)(C)C.CC/C=C\C[C@H](O)C/C=C1/C(=O)C=C[C@@H]1C/C=C\CCCC(=O)O. The zero-order valence-corrected chi connectivity index (χ0v) is 35.5. The Morgan fingerprint density at radius 1 is 0.759 bits per heavy atom. The lowest BCUT2D eigenvalue weighted by atomic mass is 9.96. The number of carboxylic acid groups (broad SMARTS) is 1. The lowest BCUT2D eigenvalue weighted by Gasteiger charge is -2.39. The zero-order valence-electron chi connectivity index (χ0n) is 34.5. The fraction of sp³-hybridized carbons (Fsp3) is 0.587. The van der Waals surface area contributed by atoms with Gasteiger partial charge in [0.25, 0.3) is 0 Å². The molecule has 0 amide bonds. The molecule has 0 aromatic carbocycles. The fourth-order valence-corrected chi connectivity index (χ4v) is 7.17. The topological polar surface area (TPSA) is 121 Å². The second-order valence-corrected chi connectivity index (χ2v) is 20.5. The van der Waals surface area contributed by atoms with Crippen LogP contribution in [0.4, 0.5) is 0 Å². The van der Waals surface area contributed by atoms with Gasteiger partial charge < -0.3 is 19.7 Å². The molecule has 0 aromatic heterocycles. The van der Waals surface area contributed by atoms with Gasteiger partial charge in [0.2, 0.25) is 0 Å². The fourth-order valence-electron chi connectivity index (χ4n) is 5.79. The van der Waals surface area contributed by atoms with Crippen molar-refractivity contribution in [3.63, 3.8) is 0 Å². The van der Waals surface area contributed by atoms with Crippen molar-refractivity contribution in [2.45, 2.75) is 155 Å². The Kier molecular flexibility index (Phi) is 24.8. The van der Waals surface area contributed by atoms with Crippen molar-refractivity contribution >= 4 is 25.9 Å². The van der Waals surface area contributed by atoms with E-state index in [1.54, 1.807) is 12.2 Å². The van der Waals surface area contributed by atoms with Crippen LogP contribution in [0.25, 0.3) is 0 Å². The first-order valence-corrected chi connectivity index (χ1v) is 23.2. The van der Waals surface area contributed by atoms with E-state index in [0.717, 1.165) is 75.4 Å². The average molecular weight is 765 g/mol. The van der Waals surface area contributed by atoms with E-state index in [-0.39, 0.29) is 47.6 Å². The van der Waals surface area contributed by atoms with Crippen LogP contribution >= 0.6 is 0 Å². The molecule has 2 aliphatic carbocycles. The van der Waals surface area contributed by atoms with Gasteiger partial charge in [-0.25, -0.2) is 0 Å². The van der Waals surface area contributed by atoms with Crippen LogP contribution in [0.3, 0.4) is 0 Å². The third-order valence-electron chi connectivity index (χ3n) is 10.1. The van der Waals surface area contributed by atoms with Crippen LogP contribution in [0.15, 0.2) is 96.2 Å². The summed E-state index contributed by atoms with van der Waals surface area (Å²) in [5, 5.41) is 27.5. The predicted molar refractivity (Wildman–Crippen MR) is 227 cm³/mol. The largest absolute Gasteiger partial charge is 0.481 e. The second-order valence-electron chi connectivity index (χ2n) is 15.8. The van der Waals surface area contributed by atoms with E-state index < -0.39 is 20.4 Å². The van der Waals surface area contributed by atoms with E-state index in [2.05, 4.69) is 71.2 Å². The smallest absolute Gasteiger partial charge is 0.303 e. The number of hydrogen-bond donors (Lipinski definition) is 3. The van der Waals surface area contributed by atoms with E-state index in [4.69, 9.17) is 14.6 Å².